The molecule has 1 aromatic rings. The lowest BCUT2D eigenvalue weighted by Crippen LogP contribution is -2.33. The summed E-state index contributed by atoms with van der Waals surface area (Å²) in [6, 6.07) is 4.94. The van der Waals surface area contributed by atoms with E-state index in [-0.39, 0.29) is 6.03 Å². The second kappa shape index (κ2) is 7.92. The van der Waals surface area contributed by atoms with Crippen LogP contribution in [0.25, 0.3) is 0 Å². The fraction of sp³-hybridized carbons (Fsp3) is 0.444. The SMILES string of the molecule is COc1cc(NC(=O)NC[C@H]2CC=CCC2)ccc1N1CCOC1=O. The van der Waals surface area contributed by atoms with Crippen LogP contribution in [0.1, 0.15) is 19.3 Å². The number of hydrogen-bond acceptors (Lipinski definition) is 4. The summed E-state index contributed by atoms with van der Waals surface area (Å²) in [5.74, 6) is 1.00. The van der Waals surface area contributed by atoms with Gasteiger partial charge in [0.15, 0.2) is 0 Å². The molecule has 2 aliphatic rings. The van der Waals surface area contributed by atoms with Crippen molar-refractivity contribution < 1.29 is 19.1 Å². The van der Waals surface area contributed by atoms with E-state index in [1.165, 1.54) is 12.0 Å². The Balaban J connectivity index is 1.59. The highest BCUT2D eigenvalue weighted by molar-refractivity contribution is 5.93. The van der Waals surface area contributed by atoms with Gasteiger partial charge in [-0.3, -0.25) is 4.90 Å². The van der Waals surface area contributed by atoms with E-state index in [1.54, 1.807) is 18.2 Å². The molecule has 0 saturated carbocycles. The van der Waals surface area contributed by atoms with Gasteiger partial charge in [-0.2, -0.15) is 0 Å². The van der Waals surface area contributed by atoms with Crippen LogP contribution in [0.3, 0.4) is 0 Å². The maximum atomic E-state index is 12.1. The molecule has 2 N–H and O–H groups in total. The zero-order valence-corrected chi connectivity index (χ0v) is 14.3. The lowest BCUT2D eigenvalue weighted by molar-refractivity contribution is 0.181. The highest BCUT2D eigenvalue weighted by Gasteiger charge is 2.26. The van der Waals surface area contributed by atoms with Gasteiger partial charge >= 0.3 is 12.1 Å². The number of anilines is 2. The Morgan fingerprint density at radius 3 is 2.96 bits per heavy atom. The molecule has 1 aliphatic heterocycles. The average molecular weight is 345 g/mol. The monoisotopic (exact) mass is 345 g/mol. The van der Waals surface area contributed by atoms with Crippen LogP contribution in [0.5, 0.6) is 5.75 Å². The van der Waals surface area contributed by atoms with Gasteiger partial charge in [-0.1, -0.05) is 12.2 Å². The summed E-state index contributed by atoms with van der Waals surface area (Å²) >= 11 is 0. The predicted molar refractivity (Wildman–Crippen MR) is 95.2 cm³/mol. The Morgan fingerprint density at radius 2 is 2.28 bits per heavy atom. The van der Waals surface area contributed by atoms with Crippen LogP contribution in [0.4, 0.5) is 21.0 Å². The summed E-state index contributed by atoms with van der Waals surface area (Å²) in [5.41, 5.74) is 1.24. The Morgan fingerprint density at radius 1 is 1.40 bits per heavy atom. The number of carbonyl (C=O) groups excluding carboxylic acids is 2. The van der Waals surface area contributed by atoms with Crippen molar-refractivity contribution in [2.45, 2.75) is 19.3 Å². The molecule has 0 radical (unpaired) electrons. The Hall–Kier alpha value is -2.70. The van der Waals surface area contributed by atoms with Crippen molar-refractivity contribution in [1.82, 2.24) is 5.32 Å². The molecule has 1 aromatic carbocycles. The number of nitrogens with zero attached hydrogens (tertiary/aromatic N) is 1. The van der Waals surface area contributed by atoms with Gasteiger partial charge in [0.05, 0.1) is 19.3 Å². The van der Waals surface area contributed by atoms with E-state index in [4.69, 9.17) is 9.47 Å². The molecule has 0 bridgehead atoms. The number of allylic oxidation sites excluding steroid dienone is 2. The first-order valence-electron chi connectivity index (χ1n) is 8.49. The van der Waals surface area contributed by atoms with Crippen molar-refractivity contribution in [2.24, 2.45) is 5.92 Å². The number of methoxy groups -OCH3 is 1. The number of urea groups is 1. The van der Waals surface area contributed by atoms with E-state index in [0.717, 1.165) is 19.3 Å². The van der Waals surface area contributed by atoms with Gasteiger partial charge in [0.25, 0.3) is 0 Å². The number of ether oxygens (including phenoxy) is 2. The van der Waals surface area contributed by atoms with Crippen molar-refractivity contribution in [2.75, 3.05) is 37.0 Å². The van der Waals surface area contributed by atoms with Gasteiger partial charge in [0, 0.05) is 18.3 Å². The molecular weight excluding hydrogens is 322 g/mol. The molecule has 1 heterocycles. The first-order valence-corrected chi connectivity index (χ1v) is 8.49. The Kier molecular flexibility index (Phi) is 5.42. The molecule has 0 aromatic heterocycles. The number of cyclic esters (lactones) is 1. The number of hydrogen-bond donors (Lipinski definition) is 2. The maximum Gasteiger partial charge on any atom is 0.414 e. The Labute approximate surface area is 147 Å². The summed E-state index contributed by atoms with van der Waals surface area (Å²) in [7, 11) is 1.53. The highest BCUT2D eigenvalue weighted by atomic mass is 16.6. The lowest BCUT2D eigenvalue weighted by atomic mass is 9.94. The highest BCUT2D eigenvalue weighted by Crippen LogP contribution is 2.32. The summed E-state index contributed by atoms with van der Waals surface area (Å²) in [4.78, 5) is 25.3. The van der Waals surface area contributed by atoms with E-state index < -0.39 is 6.09 Å². The molecule has 134 valence electrons. The fourth-order valence-corrected chi connectivity index (χ4v) is 3.04. The number of nitrogens with one attached hydrogen (secondary N) is 2. The van der Waals surface area contributed by atoms with E-state index in [2.05, 4.69) is 22.8 Å². The second-order valence-electron chi connectivity index (χ2n) is 6.14. The lowest BCUT2D eigenvalue weighted by Gasteiger charge is -2.19. The molecule has 3 amide bonds. The zero-order valence-electron chi connectivity index (χ0n) is 14.3. The second-order valence-corrected chi connectivity index (χ2v) is 6.14. The molecule has 3 rings (SSSR count). The molecule has 0 unspecified atom stereocenters. The van der Waals surface area contributed by atoms with Crippen LogP contribution in [0, 0.1) is 5.92 Å². The molecule has 1 saturated heterocycles. The van der Waals surface area contributed by atoms with Crippen molar-refractivity contribution in [3.63, 3.8) is 0 Å². The smallest absolute Gasteiger partial charge is 0.414 e. The number of carbonyl (C=O) groups is 2. The fourth-order valence-electron chi connectivity index (χ4n) is 3.04. The minimum absolute atomic E-state index is 0.245. The molecular formula is C18H23N3O4. The standard InChI is InChI=1S/C18H23N3O4/c1-24-16-11-14(7-8-15(16)21-9-10-25-18(21)23)20-17(22)19-12-13-5-3-2-4-6-13/h2-3,7-8,11,13H,4-6,9-10,12H2,1H3,(H2,19,20,22)/t13-/m0/s1. The first-order chi connectivity index (χ1) is 12.2. The van der Waals surface area contributed by atoms with Crippen LogP contribution >= 0.6 is 0 Å². The molecule has 7 nitrogen and oxygen atoms in total. The molecule has 25 heavy (non-hydrogen) atoms. The van der Waals surface area contributed by atoms with Crippen molar-refractivity contribution in [3.8, 4) is 5.75 Å². The zero-order chi connectivity index (χ0) is 17.6. The number of benzene rings is 1. The van der Waals surface area contributed by atoms with Crippen molar-refractivity contribution >= 4 is 23.5 Å². The van der Waals surface area contributed by atoms with Gasteiger partial charge in [-0.15, -0.1) is 0 Å². The summed E-state index contributed by atoms with van der Waals surface area (Å²) in [6.07, 6.45) is 7.14. The summed E-state index contributed by atoms with van der Waals surface area (Å²) in [6.45, 7) is 1.50. The van der Waals surface area contributed by atoms with Crippen LogP contribution in [0.2, 0.25) is 0 Å². The van der Waals surface area contributed by atoms with E-state index >= 15 is 0 Å². The normalized spacial score (nSPS) is 19.5. The van der Waals surface area contributed by atoms with Crippen LogP contribution < -0.4 is 20.3 Å². The maximum absolute atomic E-state index is 12.1. The van der Waals surface area contributed by atoms with Gasteiger partial charge in [-0.05, 0) is 37.3 Å². The number of rotatable bonds is 5. The summed E-state index contributed by atoms with van der Waals surface area (Å²) in [5, 5.41) is 5.71. The molecule has 1 fully saturated rings. The third-order valence-electron chi connectivity index (χ3n) is 4.42. The predicted octanol–water partition coefficient (Wildman–Crippen LogP) is 3.13. The third-order valence-corrected chi connectivity index (χ3v) is 4.42. The van der Waals surface area contributed by atoms with Gasteiger partial charge in [0.2, 0.25) is 0 Å². The summed E-state index contributed by atoms with van der Waals surface area (Å²) < 4.78 is 10.3. The first kappa shape index (κ1) is 17.1. The molecule has 1 atom stereocenters. The van der Waals surface area contributed by atoms with Crippen LogP contribution in [0.15, 0.2) is 30.4 Å². The van der Waals surface area contributed by atoms with E-state index in [1.807, 2.05) is 0 Å². The topological polar surface area (TPSA) is 79.9 Å². The molecule has 7 heteroatoms. The minimum atomic E-state index is -0.390. The Bertz CT molecular complexity index is 674. The van der Waals surface area contributed by atoms with Crippen molar-refractivity contribution in [1.29, 1.82) is 0 Å². The average Bonchev–Trinajstić information content (AvgIpc) is 3.06. The minimum Gasteiger partial charge on any atom is -0.494 e. The van der Waals surface area contributed by atoms with E-state index in [9.17, 15) is 9.59 Å². The van der Waals surface area contributed by atoms with Crippen LogP contribution in [-0.4, -0.2) is 38.9 Å². The third kappa shape index (κ3) is 4.23. The molecule has 1 aliphatic carbocycles. The van der Waals surface area contributed by atoms with E-state index in [0.29, 0.717) is 42.7 Å². The number of amides is 3. The van der Waals surface area contributed by atoms with Crippen LogP contribution in [-0.2, 0) is 4.74 Å². The largest absolute Gasteiger partial charge is 0.494 e. The quantitative estimate of drug-likeness (QED) is 0.804. The molecule has 0 spiro atoms. The van der Waals surface area contributed by atoms with Gasteiger partial charge in [-0.25, -0.2) is 9.59 Å². The van der Waals surface area contributed by atoms with Gasteiger partial charge < -0.3 is 20.1 Å². The van der Waals surface area contributed by atoms with Gasteiger partial charge in [0.1, 0.15) is 12.4 Å². The van der Waals surface area contributed by atoms with Crippen molar-refractivity contribution in [3.05, 3.63) is 30.4 Å².